The van der Waals surface area contributed by atoms with Gasteiger partial charge in [0.15, 0.2) is 0 Å². The minimum absolute atomic E-state index is 0.0764. The lowest BCUT2D eigenvalue weighted by atomic mass is 9.91. The highest BCUT2D eigenvalue weighted by atomic mass is 79.9. The first-order valence-corrected chi connectivity index (χ1v) is 6.59. The highest BCUT2D eigenvalue weighted by molar-refractivity contribution is 9.10. The van der Waals surface area contributed by atoms with Crippen molar-refractivity contribution in [1.29, 1.82) is 0 Å². The maximum absolute atomic E-state index is 12.2. The predicted octanol–water partition coefficient (Wildman–Crippen LogP) is 3.36. The number of rotatable bonds is 2. The fourth-order valence-corrected chi connectivity index (χ4v) is 2.43. The van der Waals surface area contributed by atoms with E-state index in [1.54, 1.807) is 0 Å². The number of hydrogen-bond acceptors (Lipinski definition) is 2. The Kier molecular flexibility index (Phi) is 3.60. The number of benzene rings is 1. The molecule has 0 radical (unpaired) electrons. The Morgan fingerprint density at radius 2 is 2.19 bits per heavy atom. The summed E-state index contributed by atoms with van der Waals surface area (Å²) >= 11 is 7.67. The number of carbonyl (C=O) groups excluding carboxylic acids is 1. The molecule has 4 heteroatoms. The molecule has 2 rings (SSSR count). The highest BCUT2D eigenvalue weighted by Gasteiger charge is 2.27. The first kappa shape index (κ1) is 12.0. The van der Waals surface area contributed by atoms with Gasteiger partial charge in [0.2, 0.25) is 0 Å². The van der Waals surface area contributed by atoms with E-state index in [0.29, 0.717) is 11.6 Å². The quantitative estimate of drug-likeness (QED) is 0.830. The molecule has 1 aromatic carbocycles. The van der Waals surface area contributed by atoms with Gasteiger partial charge in [-0.05, 0) is 53.4 Å². The van der Waals surface area contributed by atoms with Crippen LogP contribution in [0, 0.1) is 0 Å². The van der Waals surface area contributed by atoms with Gasteiger partial charge in [-0.3, -0.25) is 4.79 Å². The van der Waals surface area contributed by atoms with Crippen molar-refractivity contribution in [3.63, 3.8) is 0 Å². The second-order valence-corrected chi connectivity index (χ2v) is 5.54. The average Bonchev–Trinajstić information content (AvgIpc) is 2.18. The molecule has 0 atom stereocenters. The van der Waals surface area contributed by atoms with E-state index in [0.717, 1.165) is 22.2 Å². The summed E-state index contributed by atoms with van der Waals surface area (Å²) in [4.78, 5) is 14.9. The molecule has 0 heterocycles. The number of carbonyl (C=O) groups is 1. The zero-order valence-electron chi connectivity index (χ0n) is 9.11. The Balaban J connectivity index is 2.22. The molecule has 1 aliphatic carbocycles. The van der Waals surface area contributed by atoms with E-state index in [9.17, 15) is 4.79 Å². The Labute approximate surface area is 110 Å². The van der Waals surface area contributed by atoms with E-state index in [1.165, 1.54) is 6.42 Å². The molecule has 0 spiro atoms. The minimum Gasteiger partial charge on any atom is -0.339 e. The van der Waals surface area contributed by atoms with Crippen LogP contribution in [0.3, 0.4) is 0 Å². The van der Waals surface area contributed by atoms with Gasteiger partial charge in [-0.15, -0.1) is 12.6 Å². The van der Waals surface area contributed by atoms with Crippen LogP contribution in [-0.2, 0) is 0 Å². The van der Waals surface area contributed by atoms with Gasteiger partial charge in [-0.2, -0.15) is 0 Å². The fraction of sp³-hybridized carbons (Fsp3) is 0.417. The molecule has 1 aliphatic rings. The van der Waals surface area contributed by atoms with Crippen LogP contribution in [0.25, 0.3) is 0 Å². The summed E-state index contributed by atoms with van der Waals surface area (Å²) in [7, 11) is 1.88. The average molecular weight is 300 g/mol. The summed E-state index contributed by atoms with van der Waals surface area (Å²) in [5.74, 6) is 0.0764. The van der Waals surface area contributed by atoms with Crippen molar-refractivity contribution in [2.24, 2.45) is 0 Å². The van der Waals surface area contributed by atoms with Gasteiger partial charge in [0.25, 0.3) is 5.91 Å². The Hall–Kier alpha value is -0.480. The topological polar surface area (TPSA) is 20.3 Å². The number of hydrogen-bond donors (Lipinski definition) is 1. The molecule has 2 nitrogen and oxygen atoms in total. The van der Waals surface area contributed by atoms with Crippen molar-refractivity contribution in [3.8, 4) is 0 Å². The maximum atomic E-state index is 12.2. The van der Waals surface area contributed by atoms with Crippen molar-refractivity contribution >= 4 is 34.5 Å². The number of nitrogens with zero attached hydrogens (tertiary/aromatic N) is 1. The maximum Gasteiger partial charge on any atom is 0.255 e. The molecule has 0 aromatic heterocycles. The van der Waals surface area contributed by atoms with Crippen LogP contribution < -0.4 is 0 Å². The lowest BCUT2D eigenvalue weighted by Crippen LogP contribution is -2.41. The third-order valence-corrected chi connectivity index (χ3v) is 4.09. The third kappa shape index (κ3) is 2.28. The van der Waals surface area contributed by atoms with Gasteiger partial charge in [0.1, 0.15) is 0 Å². The second-order valence-electron chi connectivity index (χ2n) is 4.16. The van der Waals surface area contributed by atoms with Gasteiger partial charge in [0, 0.05) is 22.5 Å². The number of thiol groups is 1. The zero-order valence-corrected chi connectivity index (χ0v) is 11.6. The minimum atomic E-state index is 0.0764. The van der Waals surface area contributed by atoms with Crippen LogP contribution in [0.4, 0.5) is 0 Å². The van der Waals surface area contributed by atoms with E-state index < -0.39 is 0 Å². The summed E-state index contributed by atoms with van der Waals surface area (Å²) in [6.07, 6.45) is 3.48. The molecular weight excluding hydrogens is 286 g/mol. The van der Waals surface area contributed by atoms with Gasteiger partial charge in [-0.1, -0.05) is 0 Å². The van der Waals surface area contributed by atoms with Gasteiger partial charge in [0.05, 0.1) is 5.56 Å². The molecule has 1 amide bonds. The summed E-state index contributed by atoms with van der Waals surface area (Å²) in [5, 5.41) is 0. The molecule has 0 N–H and O–H groups in total. The molecule has 16 heavy (non-hydrogen) atoms. The van der Waals surface area contributed by atoms with Crippen molar-refractivity contribution in [1.82, 2.24) is 4.90 Å². The Morgan fingerprint density at radius 3 is 2.75 bits per heavy atom. The Bertz CT molecular complexity index is 417. The van der Waals surface area contributed by atoms with Crippen molar-refractivity contribution in [2.75, 3.05) is 7.05 Å². The molecule has 1 fully saturated rings. The van der Waals surface area contributed by atoms with Crippen LogP contribution in [-0.4, -0.2) is 23.9 Å². The van der Waals surface area contributed by atoms with E-state index in [1.807, 2.05) is 30.1 Å². The van der Waals surface area contributed by atoms with Crippen molar-refractivity contribution in [2.45, 2.75) is 30.2 Å². The zero-order chi connectivity index (χ0) is 11.7. The monoisotopic (exact) mass is 299 g/mol. The first-order chi connectivity index (χ1) is 7.59. The number of halogens is 1. The number of amides is 1. The SMILES string of the molecule is CN(C(=O)c1cc(S)ccc1Br)C1CCC1. The normalized spacial score (nSPS) is 15.7. The van der Waals surface area contributed by atoms with Gasteiger partial charge < -0.3 is 4.90 Å². The molecule has 1 saturated carbocycles. The third-order valence-electron chi connectivity index (χ3n) is 3.12. The standard InChI is InChI=1S/C12H14BrNOS/c1-14(8-3-2-4-8)12(15)10-7-9(16)5-6-11(10)13/h5-8,16H,2-4H2,1H3. The summed E-state index contributed by atoms with van der Waals surface area (Å²) in [5.41, 5.74) is 0.696. The van der Waals surface area contributed by atoms with Gasteiger partial charge in [-0.25, -0.2) is 0 Å². The van der Waals surface area contributed by atoms with Crippen LogP contribution in [0.2, 0.25) is 0 Å². The molecule has 0 bridgehead atoms. The smallest absolute Gasteiger partial charge is 0.255 e. The largest absolute Gasteiger partial charge is 0.339 e. The molecular formula is C12H14BrNOS. The summed E-state index contributed by atoms with van der Waals surface area (Å²) < 4.78 is 0.835. The summed E-state index contributed by atoms with van der Waals surface area (Å²) in [6, 6.07) is 5.96. The molecule has 0 unspecified atom stereocenters. The van der Waals surface area contributed by atoms with Crippen LogP contribution >= 0.6 is 28.6 Å². The van der Waals surface area contributed by atoms with Crippen molar-refractivity contribution < 1.29 is 4.79 Å². The van der Waals surface area contributed by atoms with E-state index in [-0.39, 0.29) is 5.91 Å². The molecule has 86 valence electrons. The Morgan fingerprint density at radius 1 is 1.50 bits per heavy atom. The van der Waals surface area contributed by atoms with Gasteiger partial charge >= 0.3 is 0 Å². The molecule has 1 aromatic rings. The molecule has 0 aliphatic heterocycles. The van der Waals surface area contributed by atoms with E-state index >= 15 is 0 Å². The highest BCUT2D eigenvalue weighted by Crippen LogP contribution is 2.27. The van der Waals surface area contributed by atoms with E-state index in [2.05, 4.69) is 28.6 Å². The predicted molar refractivity (Wildman–Crippen MR) is 71.1 cm³/mol. The van der Waals surface area contributed by atoms with Crippen molar-refractivity contribution in [3.05, 3.63) is 28.2 Å². The lowest BCUT2D eigenvalue weighted by molar-refractivity contribution is 0.0651. The lowest BCUT2D eigenvalue weighted by Gasteiger charge is -2.35. The second kappa shape index (κ2) is 4.80. The van der Waals surface area contributed by atoms with Crippen LogP contribution in [0.15, 0.2) is 27.6 Å². The first-order valence-electron chi connectivity index (χ1n) is 5.35. The van der Waals surface area contributed by atoms with Crippen LogP contribution in [0.5, 0.6) is 0 Å². The van der Waals surface area contributed by atoms with E-state index in [4.69, 9.17) is 0 Å². The fourth-order valence-electron chi connectivity index (χ4n) is 1.81. The molecule has 0 saturated heterocycles. The summed E-state index contributed by atoms with van der Waals surface area (Å²) in [6.45, 7) is 0. The van der Waals surface area contributed by atoms with Crippen LogP contribution in [0.1, 0.15) is 29.6 Å².